The molecule has 0 atom stereocenters. The Morgan fingerprint density at radius 2 is 2.31 bits per heavy atom. The fourth-order valence-corrected chi connectivity index (χ4v) is 1.44. The van der Waals surface area contributed by atoms with Gasteiger partial charge in [-0.25, -0.2) is 0 Å². The smallest absolute Gasteiger partial charge is 0.271 e. The summed E-state index contributed by atoms with van der Waals surface area (Å²) in [4.78, 5) is 14.8. The van der Waals surface area contributed by atoms with Gasteiger partial charge in [-0.3, -0.25) is 4.79 Å². The highest BCUT2D eigenvalue weighted by Crippen LogP contribution is 2.16. The van der Waals surface area contributed by atoms with E-state index < -0.39 is 0 Å². The van der Waals surface area contributed by atoms with E-state index in [-0.39, 0.29) is 5.91 Å². The van der Waals surface area contributed by atoms with Crippen LogP contribution in [-0.2, 0) is 4.79 Å². The lowest BCUT2D eigenvalue weighted by molar-refractivity contribution is -0.113. The van der Waals surface area contributed by atoms with Gasteiger partial charge in [0.15, 0.2) is 0 Å². The van der Waals surface area contributed by atoms with Gasteiger partial charge in [0.1, 0.15) is 5.84 Å². The molecule has 2 aliphatic heterocycles. The Labute approximate surface area is 80.2 Å². The zero-order valence-electron chi connectivity index (χ0n) is 7.00. The number of carbonyl (C=O) groups is 1. The zero-order valence-corrected chi connectivity index (χ0v) is 7.81. The van der Waals surface area contributed by atoms with Gasteiger partial charge < -0.3 is 10.6 Å². The van der Waals surface area contributed by atoms with Crippen molar-refractivity contribution in [2.75, 3.05) is 6.26 Å². The number of dihydropyridines is 1. The number of amidine groups is 1. The van der Waals surface area contributed by atoms with Crippen LogP contribution in [-0.4, -0.2) is 18.0 Å². The van der Waals surface area contributed by atoms with E-state index in [1.807, 2.05) is 12.5 Å². The largest absolute Gasteiger partial charge is 0.355 e. The van der Waals surface area contributed by atoms with Crippen LogP contribution in [0.1, 0.15) is 0 Å². The lowest BCUT2D eigenvalue weighted by Gasteiger charge is -2.24. The fourth-order valence-electron chi connectivity index (χ4n) is 1.07. The molecule has 2 rings (SSSR count). The highest BCUT2D eigenvalue weighted by molar-refractivity contribution is 8.01. The van der Waals surface area contributed by atoms with Crippen molar-refractivity contribution in [2.24, 2.45) is 4.99 Å². The first kappa shape index (κ1) is 8.37. The van der Waals surface area contributed by atoms with Gasteiger partial charge in [0, 0.05) is 17.8 Å². The first-order chi connectivity index (χ1) is 6.29. The second-order valence-electron chi connectivity index (χ2n) is 2.53. The predicted molar refractivity (Wildman–Crippen MR) is 52.7 cm³/mol. The molecule has 5 heteroatoms. The minimum atomic E-state index is -0.220. The maximum Gasteiger partial charge on any atom is 0.271 e. The fraction of sp³-hybridized carbons (Fsp3) is 0.125. The summed E-state index contributed by atoms with van der Waals surface area (Å²) in [7, 11) is 0. The summed E-state index contributed by atoms with van der Waals surface area (Å²) < 4.78 is 0. The van der Waals surface area contributed by atoms with Crippen LogP contribution in [0.2, 0.25) is 0 Å². The van der Waals surface area contributed by atoms with E-state index in [1.54, 1.807) is 6.08 Å². The molecule has 2 N–H and O–H groups in total. The second-order valence-corrected chi connectivity index (χ2v) is 3.35. The molecular formula is C8H8N3OS. The van der Waals surface area contributed by atoms with Gasteiger partial charge in [-0.05, 0) is 12.3 Å². The maximum absolute atomic E-state index is 10.9. The molecule has 0 aromatic rings. The molecular weight excluding hydrogens is 186 g/mol. The average molecular weight is 194 g/mol. The van der Waals surface area contributed by atoms with Crippen LogP contribution >= 0.6 is 11.8 Å². The molecule has 0 bridgehead atoms. The third-order valence-electron chi connectivity index (χ3n) is 1.70. The molecule has 0 fully saturated rings. The van der Waals surface area contributed by atoms with Crippen molar-refractivity contribution >= 4 is 23.5 Å². The second kappa shape index (κ2) is 3.26. The summed E-state index contributed by atoms with van der Waals surface area (Å²) in [5.41, 5.74) is 1.78. The van der Waals surface area contributed by atoms with Crippen LogP contribution in [0.25, 0.3) is 0 Å². The van der Waals surface area contributed by atoms with E-state index in [9.17, 15) is 4.79 Å². The third kappa shape index (κ3) is 1.60. The molecule has 0 aromatic heterocycles. The van der Waals surface area contributed by atoms with Crippen LogP contribution < -0.4 is 10.6 Å². The molecule has 1 radical (unpaired) electrons. The maximum atomic E-state index is 10.9. The van der Waals surface area contributed by atoms with Crippen LogP contribution in [0, 0.1) is 5.50 Å². The summed E-state index contributed by atoms with van der Waals surface area (Å²) in [5.74, 6) is 0.401. The molecule has 0 aliphatic carbocycles. The van der Waals surface area contributed by atoms with E-state index in [2.05, 4.69) is 15.6 Å². The first-order valence-corrected chi connectivity index (χ1v) is 4.98. The molecule has 1 amide bonds. The number of thioether (sulfide) groups is 1. The molecule has 0 unspecified atom stereocenters. The zero-order chi connectivity index (χ0) is 9.26. The van der Waals surface area contributed by atoms with E-state index >= 15 is 0 Å². The number of hydrogen-bond acceptors (Lipinski definition) is 4. The van der Waals surface area contributed by atoms with Crippen molar-refractivity contribution in [1.82, 2.24) is 10.6 Å². The third-order valence-corrected chi connectivity index (χ3v) is 2.32. The predicted octanol–water partition coefficient (Wildman–Crippen LogP) is 0.368. The monoisotopic (exact) mass is 194 g/mol. The summed E-state index contributed by atoms with van der Waals surface area (Å²) in [6.07, 6.45) is 6.95. The summed E-state index contributed by atoms with van der Waals surface area (Å²) in [5, 5.41) is 6.06. The molecule has 0 saturated carbocycles. The Kier molecular flexibility index (Phi) is 2.10. The normalized spacial score (nSPS) is 21.2. The van der Waals surface area contributed by atoms with Gasteiger partial charge in [-0.1, -0.05) is 0 Å². The standard InChI is InChI=1S/C8H8N3OS/c1-13-8-9-4-5-2-3-6(12)10-7(5)11-8/h2-4,9H,1H3,(H,10,11,12). The van der Waals surface area contributed by atoms with Gasteiger partial charge in [0.05, 0.1) is 0 Å². The van der Waals surface area contributed by atoms with Crippen molar-refractivity contribution in [2.45, 2.75) is 0 Å². The highest BCUT2D eigenvalue weighted by Gasteiger charge is 2.20. The quantitative estimate of drug-likeness (QED) is 0.633. The molecule has 0 saturated heterocycles. The van der Waals surface area contributed by atoms with Crippen molar-refractivity contribution < 1.29 is 4.79 Å². The lowest BCUT2D eigenvalue weighted by Crippen LogP contribution is -2.40. The molecule has 0 spiro atoms. The average Bonchev–Trinajstić information content (AvgIpc) is 2.16. The summed E-state index contributed by atoms with van der Waals surface area (Å²) in [6, 6.07) is 0. The van der Waals surface area contributed by atoms with Crippen LogP contribution in [0.4, 0.5) is 0 Å². The lowest BCUT2D eigenvalue weighted by atomic mass is 10.2. The van der Waals surface area contributed by atoms with Crippen LogP contribution in [0.15, 0.2) is 28.9 Å². The Morgan fingerprint density at radius 1 is 1.46 bits per heavy atom. The van der Waals surface area contributed by atoms with E-state index in [0.29, 0.717) is 5.84 Å². The molecule has 67 valence electrons. The van der Waals surface area contributed by atoms with Gasteiger partial charge in [-0.15, -0.1) is 11.8 Å². The Balaban J connectivity index is 2.26. The van der Waals surface area contributed by atoms with Crippen molar-refractivity contribution in [3.8, 4) is 0 Å². The van der Waals surface area contributed by atoms with Crippen LogP contribution in [0.3, 0.4) is 0 Å². The minimum Gasteiger partial charge on any atom is -0.355 e. The number of fused-ring (bicyclic) bond motifs is 1. The number of aliphatic imine (C=N–C) groups is 1. The van der Waals surface area contributed by atoms with Gasteiger partial charge in [0.2, 0.25) is 5.50 Å². The van der Waals surface area contributed by atoms with Crippen molar-refractivity contribution in [1.29, 1.82) is 0 Å². The SMILES string of the molecule is CS[C]1NC=C2C=CC(=O)N=C2N1. The van der Waals surface area contributed by atoms with E-state index in [4.69, 9.17) is 0 Å². The van der Waals surface area contributed by atoms with E-state index in [0.717, 1.165) is 11.1 Å². The van der Waals surface area contributed by atoms with E-state index in [1.165, 1.54) is 17.8 Å². The molecule has 2 aliphatic rings. The highest BCUT2D eigenvalue weighted by atomic mass is 32.2. The Morgan fingerprint density at radius 3 is 3.08 bits per heavy atom. The first-order valence-electron chi connectivity index (χ1n) is 3.75. The number of rotatable bonds is 1. The number of amides is 1. The summed E-state index contributed by atoms with van der Waals surface area (Å²) in [6.45, 7) is 0. The van der Waals surface area contributed by atoms with Gasteiger partial charge in [0.25, 0.3) is 5.91 Å². The summed E-state index contributed by atoms with van der Waals surface area (Å²) >= 11 is 1.54. The van der Waals surface area contributed by atoms with Gasteiger partial charge >= 0.3 is 0 Å². The number of hydrogen-bond donors (Lipinski definition) is 2. The Bertz CT molecular complexity index is 332. The number of carbonyl (C=O) groups excluding carboxylic acids is 1. The molecule has 4 nitrogen and oxygen atoms in total. The van der Waals surface area contributed by atoms with Gasteiger partial charge in [-0.2, -0.15) is 4.99 Å². The molecule has 0 aromatic carbocycles. The minimum absolute atomic E-state index is 0.220. The Hall–Kier alpha value is -1.23. The van der Waals surface area contributed by atoms with Crippen LogP contribution in [0.5, 0.6) is 0 Å². The number of nitrogens with zero attached hydrogens (tertiary/aromatic N) is 1. The van der Waals surface area contributed by atoms with Crippen molar-refractivity contribution in [3.05, 3.63) is 29.4 Å². The number of nitrogens with one attached hydrogen (secondary N) is 2. The molecule has 2 heterocycles. The molecule has 13 heavy (non-hydrogen) atoms. The van der Waals surface area contributed by atoms with Crippen molar-refractivity contribution in [3.63, 3.8) is 0 Å². The topological polar surface area (TPSA) is 53.5 Å².